The number of benzene rings is 1. The van der Waals surface area contributed by atoms with Gasteiger partial charge in [0, 0.05) is 22.7 Å². The zero-order chi connectivity index (χ0) is 13.8. The topological polar surface area (TPSA) is 68.9 Å². The minimum Gasteiger partial charge on any atom is -0.258 e. The molecule has 0 aliphatic rings. The SMILES string of the molecule is Cc1cc(Cl)nc(CSc2ccc([N+](=O)[O-])cc2)n1. The minimum absolute atomic E-state index is 0.0826. The third-order valence-electron chi connectivity index (χ3n) is 2.28. The van der Waals surface area contributed by atoms with Crippen LogP contribution in [0.5, 0.6) is 0 Å². The Kier molecular flexibility index (Phi) is 4.34. The monoisotopic (exact) mass is 295 g/mol. The van der Waals surface area contributed by atoms with E-state index in [9.17, 15) is 10.1 Å². The van der Waals surface area contributed by atoms with Crippen molar-refractivity contribution in [3.8, 4) is 0 Å². The third kappa shape index (κ3) is 3.90. The van der Waals surface area contributed by atoms with Gasteiger partial charge >= 0.3 is 0 Å². The van der Waals surface area contributed by atoms with Crippen molar-refractivity contribution in [3.05, 3.63) is 57.1 Å². The summed E-state index contributed by atoms with van der Waals surface area (Å²) in [5, 5.41) is 11.0. The van der Waals surface area contributed by atoms with Gasteiger partial charge in [-0.2, -0.15) is 0 Å². The molecule has 0 radical (unpaired) electrons. The maximum absolute atomic E-state index is 10.5. The molecule has 0 bridgehead atoms. The molecule has 0 aliphatic heterocycles. The Morgan fingerprint density at radius 2 is 2.00 bits per heavy atom. The van der Waals surface area contributed by atoms with E-state index in [2.05, 4.69) is 9.97 Å². The molecular weight excluding hydrogens is 286 g/mol. The number of nitro groups is 1. The highest BCUT2D eigenvalue weighted by atomic mass is 35.5. The van der Waals surface area contributed by atoms with Gasteiger partial charge in [-0.25, -0.2) is 9.97 Å². The Morgan fingerprint density at radius 1 is 1.32 bits per heavy atom. The molecule has 0 aliphatic carbocycles. The van der Waals surface area contributed by atoms with Crippen LogP contribution in [-0.2, 0) is 5.75 Å². The van der Waals surface area contributed by atoms with Crippen LogP contribution in [0, 0.1) is 17.0 Å². The molecular formula is C12H10ClN3O2S. The first-order valence-corrected chi connectivity index (χ1v) is 6.78. The molecule has 7 heteroatoms. The second-order valence-corrected chi connectivity index (χ2v) is 5.22. The van der Waals surface area contributed by atoms with Crippen molar-refractivity contribution in [3.63, 3.8) is 0 Å². The van der Waals surface area contributed by atoms with Crippen LogP contribution in [0.4, 0.5) is 5.69 Å². The second-order valence-electron chi connectivity index (χ2n) is 3.79. The highest BCUT2D eigenvalue weighted by molar-refractivity contribution is 7.98. The quantitative estimate of drug-likeness (QED) is 0.373. The van der Waals surface area contributed by atoms with Gasteiger partial charge < -0.3 is 0 Å². The second kappa shape index (κ2) is 5.99. The molecule has 1 aromatic carbocycles. The number of nitrogens with zero attached hydrogens (tertiary/aromatic N) is 3. The van der Waals surface area contributed by atoms with E-state index in [1.54, 1.807) is 18.2 Å². The minimum atomic E-state index is -0.419. The first kappa shape index (κ1) is 13.8. The maximum atomic E-state index is 10.5. The van der Waals surface area contributed by atoms with Crippen LogP contribution < -0.4 is 0 Å². The average molecular weight is 296 g/mol. The molecule has 0 N–H and O–H groups in total. The molecule has 2 aromatic rings. The number of nitro benzene ring substituents is 1. The van der Waals surface area contributed by atoms with Gasteiger partial charge in [0.15, 0.2) is 0 Å². The fourth-order valence-electron chi connectivity index (χ4n) is 1.47. The van der Waals surface area contributed by atoms with Gasteiger partial charge in [-0.05, 0) is 25.1 Å². The maximum Gasteiger partial charge on any atom is 0.269 e. The van der Waals surface area contributed by atoms with E-state index in [0.717, 1.165) is 10.6 Å². The van der Waals surface area contributed by atoms with Crippen LogP contribution in [0.2, 0.25) is 5.15 Å². The number of thioether (sulfide) groups is 1. The molecule has 0 atom stereocenters. The van der Waals surface area contributed by atoms with Crippen molar-refractivity contribution < 1.29 is 4.92 Å². The Morgan fingerprint density at radius 3 is 2.58 bits per heavy atom. The lowest BCUT2D eigenvalue weighted by atomic mass is 10.3. The molecule has 0 spiro atoms. The summed E-state index contributed by atoms with van der Waals surface area (Å²) in [6.45, 7) is 1.85. The number of hydrogen-bond acceptors (Lipinski definition) is 5. The molecule has 0 saturated carbocycles. The molecule has 0 amide bonds. The summed E-state index contributed by atoms with van der Waals surface area (Å²) in [7, 11) is 0. The number of halogens is 1. The summed E-state index contributed by atoms with van der Waals surface area (Å²) in [5.41, 5.74) is 0.901. The van der Waals surface area contributed by atoms with E-state index in [0.29, 0.717) is 16.7 Å². The normalized spacial score (nSPS) is 10.4. The fraction of sp³-hybridized carbons (Fsp3) is 0.167. The molecule has 1 aromatic heterocycles. The van der Waals surface area contributed by atoms with Crippen molar-refractivity contribution >= 4 is 29.1 Å². The first-order chi connectivity index (χ1) is 9.04. The summed E-state index contributed by atoms with van der Waals surface area (Å²) in [4.78, 5) is 19.4. The Bertz CT molecular complexity index is 584. The van der Waals surface area contributed by atoms with Crippen LogP contribution in [0.15, 0.2) is 35.2 Å². The Balaban J connectivity index is 2.03. The molecule has 98 valence electrons. The van der Waals surface area contributed by atoms with Crippen LogP contribution >= 0.6 is 23.4 Å². The van der Waals surface area contributed by atoms with E-state index in [4.69, 9.17) is 11.6 Å². The highest BCUT2D eigenvalue weighted by Gasteiger charge is 2.06. The summed E-state index contributed by atoms with van der Waals surface area (Å²) >= 11 is 7.36. The molecule has 19 heavy (non-hydrogen) atoms. The Hall–Kier alpha value is -1.66. The summed E-state index contributed by atoms with van der Waals surface area (Å²) in [6.07, 6.45) is 0. The number of non-ortho nitro benzene ring substituents is 1. The summed E-state index contributed by atoms with van der Waals surface area (Å²) in [6, 6.07) is 8.07. The van der Waals surface area contributed by atoms with Gasteiger partial charge in [0.1, 0.15) is 11.0 Å². The average Bonchev–Trinajstić information content (AvgIpc) is 2.36. The fourth-order valence-corrected chi connectivity index (χ4v) is 2.47. The molecule has 5 nitrogen and oxygen atoms in total. The number of hydrogen-bond donors (Lipinski definition) is 0. The van der Waals surface area contributed by atoms with Gasteiger partial charge in [0.2, 0.25) is 0 Å². The van der Waals surface area contributed by atoms with E-state index in [1.165, 1.54) is 23.9 Å². The lowest BCUT2D eigenvalue weighted by molar-refractivity contribution is -0.384. The largest absolute Gasteiger partial charge is 0.269 e. The predicted octanol–water partition coefficient (Wildman–Crippen LogP) is 3.64. The zero-order valence-corrected chi connectivity index (χ0v) is 11.6. The van der Waals surface area contributed by atoms with Crippen molar-refractivity contribution in [2.75, 3.05) is 0 Å². The van der Waals surface area contributed by atoms with Crippen molar-refractivity contribution in [1.82, 2.24) is 9.97 Å². The van der Waals surface area contributed by atoms with Gasteiger partial charge in [-0.1, -0.05) is 11.6 Å². The summed E-state index contributed by atoms with van der Waals surface area (Å²) in [5.74, 6) is 1.22. The van der Waals surface area contributed by atoms with Crippen LogP contribution in [-0.4, -0.2) is 14.9 Å². The van der Waals surface area contributed by atoms with Crippen molar-refractivity contribution in [2.45, 2.75) is 17.6 Å². The smallest absolute Gasteiger partial charge is 0.258 e. The molecule has 0 saturated heterocycles. The van der Waals surface area contributed by atoms with E-state index in [-0.39, 0.29) is 5.69 Å². The molecule has 0 fully saturated rings. The van der Waals surface area contributed by atoms with Crippen LogP contribution in [0.1, 0.15) is 11.5 Å². The van der Waals surface area contributed by atoms with E-state index >= 15 is 0 Å². The zero-order valence-electron chi connectivity index (χ0n) is 10.0. The van der Waals surface area contributed by atoms with Crippen LogP contribution in [0.25, 0.3) is 0 Å². The number of aromatic nitrogens is 2. The van der Waals surface area contributed by atoms with E-state index in [1.807, 2.05) is 6.92 Å². The van der Waals surface area contributed by atoms with Gasteiger partial charge in [0.25, 0.3) is 5.69 Å². The van der Waals surface area contributed by atoms with Gasteiger partial charge in [-0.15, -0.1) is 11.8 Å². The lowest BCUT2D eigenvalue weighted by Crippen LogP contribution is -1.95. The highest BCUT2D eigenvalue weighted by Crippen LogP contribution is 2.24. The van der Waals surface area contributed by atoms with Crippen molar-refractivity contribution in [2.24, 2.45) is 0 Å². The standard InChI is InChI=1S/C12H10ClN3O2S/c1-8-6-11(13)15-12(14-8)7-19-10-4-2-9(3-5-10)16(17)18/h2-6H,7H2,1H3. The summed E-state index contributed by atoms with van der Waals surface area (Å²) < 4.78 is 0. The lowest BCUT2D eigenvalue weighted by Gasteiger charge is -2.02. The van der Waals surface area contributed by atoms with E-state index < -0.39 is 4.92 Å². The van der Waals surface area contributed by atoms with Crippen molar-refractivity contribution in [1.29, 1.82) is 0 Å². The van der Waals surface area contributed by atoms with Gasteiger partial charge in [0.05, 0.1) is 10.7 Å². The first-order valence-electron chi connectivity index (χ1n) is 5.42. The molecule has 2 rings (SSSR count). The Labute approximate surface area is 119 Å². The van der Waals surface area contributed by atoms with Crippen LogP contribution in [0.3, 0.4) is 0 Å². The third-order valence-corrected chi connectivity index (χ3v) is 3.49. The number of aryl methyl sites for hydroxylation is 1. The molecule has 0 unspecified atom stereocenters. The predicted molar refractivity (Wildman–Crippen MR) is 74.4 cm³/mol. The number of rotatable bonds is 4. The molecule has 1 heterocycles. The van der Waals surface area contributed by atoms with Gasteiger partial charge in [-0.3, -0.25) is 10.1 Å².